The molecule has 0 radical (unpaired) electrons. The molecule has 23 nitrogen and oxygen atoms in total. The van der Waals surface area contributed by atoms with E-state index in [2.05, 4.69) is 42.5 Å². The molecular formula is C46H82N10O13S. The molecule has 12 N–H and O–H groups in total. The van der Waals surface area contributed by atoms with Gasteiger partial charge in [0.2, 0.25) is 47.3 Å². The smallest absolute Gasteiger partial charge is 0.315 e. The van der Waals surface area contributed by atoms with Gasteiger partial charge in [0.05, 0.1) is 51.7 Å². The molecule has 2 aliphatic heterocycles. The van der Waals surface area contributed by atoms with Crippen LogP contribution in [0.1, 0.15) is 116 Å². The predicted molar refractivity (Wildman–Crippen MR) is 262 cm³/mol. The molecule has 0 unspecified atom stereocenters. The van der Waals surface area contributed by atoms with Crippen molar-refractivity contribution < 1.29 is 62.1 Å². The maximum Gasteiger partial charge on any atom is 0.315 e. The minimum Gasteiger partial charge on any atom is -0.377 e. The van der Waals surface area contributed by atoms with E-state index >= 15 is 0 Å². The summed E-state index contributed by atoms with van der Waals surface area (Å²) < 4.78 is 21.4. The van der Waals surface area contributed by atoms with Crippen LogP contribution < -0.4 is 54.0 Å². The Morgan fingerprint density at radius 1 is 0.571 bits per heavy atom. The largest absolute Gasteiger partial charge is 0.377 e. The monoisotopic (exact) mass is 1010 g/mol. The summed E-state index contributed by atoms with van der Waals surface area (Å²) in [5, 5.41) is 23.0. The number of amides is 10. The van der Waals surface area contributed by atoms with Gasteiger partial charge in [-0.15, -0.1) is 0 Å². The molecule has 0 spiro atoms. The highest BCUT2D eigenvalue weighted by Gasteiger charge is 2.42. The third kappa shape index (κ3) is 31.4. The van der Waals surface area contributed by atoms with Gasteiger partial charge in [0.15, 0.2) is 0 Å². The Kier molecular flexibility index (Phi) is 34.1. The second-order valence-electron chi connectivity index (χ2n) is 17.4. The van der Waals surface area contributed by atoms with Gasteiger partial charge in [0.1, 0.15) is 19.3 Å². The van der Waals surface area contributed by atoms with Gasteiger partial charge in [-0.05, 0) is 64.2 Å². The molecule has 2 rings (SSSR count). The van der Waals surface area contributed by atoms with Crippen LogP contribution in [0.15, 0.2) is 0 Å². The lowest BCUT2D eigenvalue weighted by atomic mass is 10.0. The number of carbonyl (C=O) groups is 9. The molecule has 2 fully saturated rings. The van der Waals surface area contributed by atoms with Crippen molar-refractivity contribution in [2.75, 3.05) is 91.3 Å². The Hall–Kier alpha value is -4.78. The van der Waals surface area contributed by atoms with E-state index in [4.69, 9.17) is 30.4 Å². The van der Waals surface area contributed by atoms with Gasteiger partial charge in [0, 0.05) is 75.3 Å². The summed E-state index contributed by atoms with van der Waals surface area (Å²) in [6, 6.07) is -0.591. The fourth-order valence-electron chi connectivity index (χ4n) is 7.38. The molecule has 0 aliphatic carbocycles. The number of ether oxygens (including phenoxy) is 4. The number of hydrogen-bond donors (Lipinski definition) is 10. The highest BCUT2D eigenvalue weighted by molar-refractivity contribution is 8.00. The summed E-state index contributed by atoms with van der Waals surface area (Å²) in [5.41, 5.74) is 10.4. The Labute approximate surface area is 416 Å². The number of unbranched alkanes of at least 4 members (excludes halogenated alkanes) is 5. The number of nitrogens with one attached hydrogen (secondary N) is 8. The molecule has 70 heavy (non-hydrogen) atoms. The normalized spacial score (nSPS) is 16.8. The van der Waals surface area contributed by atoms with E-state index in [1.165, 1.54) is 0 Å². The first-order valence-electron chi connectivity index (χ1n) is 25.0. The number of nitrogens with two attached hydrogens (primary N) is 2. The molecular weight excluding hydrogens is 933 g/mol. The van der Waals surface area contributed by atoms with Gasteiger partial charge in [0.25, 0.3) is 0 Å². The average molecular weight is 1020 g/mol. The molecule has 5 atom stereocenters. The first-order valence-corrected chi connectivity index (χ1v) is 26.0. The second kappa shape index (κ2) is 38.9. The Bertz CT molecular complexity index is 1600. The maximum atomic E-state index is 13.1. The topological polar surface area (TPSA) is 339 Å². The van der Waals surface area contributed by atoms with E-state index in [0.717, 1.165) is 37.9 Å². The van der Waals surface area contributed by atoms with Crippen LogP contribution in [0.3, 0.4) is 0 Å². The fourth-order valence-corrected chi connectivity index (χ4v) is 8.92. The van der Waals surface area contributed by atoms with Crippen LogP contribution in [0.25, 0.3) is 0 Å². The van der Waals surface area contributed by atoms with Crippen molar-refractivity contribution in [3.05, 3.63) is 0 Å². The van der Waals surface area contributed by atoms with E-state index in [9.17, 15) is 43.2 Å². The van der Waals surface area contributed by atoms with Crippen LogP contribution in [0, 0.1) is 5.92 Å². The lowest BCUT2D eigenvalue weighted by Crippen LogP contribution is -2.47. The summed E-state index contributed by atoms with van der Waals surface area (Å²) >= 11 is 1.83. The van der Waals surface area contributed by atoms with Crippen LogP contribution in [0.2, 0.25) is 0 Å². The van der Waals surface area contributed by atoms with Gasteiger partial charge in [-0.1, -0.05) is 26.2 Å². The van der Waals surface area contributed by atoms with E-state index < -0.39 is 6.04 Å². The van der Waals surface area contributed by atoms with Gasteiger partial charge in [-0.3, -0.25) is 38.4 Å². The molecule has 0 aromatic heterocycles. The van der Waals surface area contributed by atoms with Crippen LogP contribution in [0.4, 0.5) is 4.79 Å². The molecule has 0 bridgehead atoms. The molecule has 400 valence electrons. The van der Waals surface area contributed by atoms with Crippen LogP contribution in [-0.2, 0) is 57.3 Å². The number of urea groups is 1. The van der Waals surface area contributed by atoms with Crippen LogP contribution in [0.5, 0.6) is 0 Å². The van der Waals surface area contributed by atoms with E-state index in [-0.39, 0.29) is 156 Å². The minimum absolute atomic E-state index is 0.0828. The quantitative estimate of drug-likeness (QED) is 0.0273. The summed E-state index contributed by atoms with van der Waals surface area (Å²) in [5.74, 6) is -1.47. The van der Waals surface area contributed by atoms with Crippen molar-refractivity contribution in [1.29, 1.82) is 0 Å². The molecule has 0 aromatic carbocycles. The minimum atomic E-state index is -0.730. The van der Waals surface area contributed by atoms with Crippen molar-refractivity contribution >= 4 is 65.1 Å². The zero-order chi connectivity index (χ0) is 51.2. The van der Waals surface area contributed by atoms with E-state index in [1.807, 2.05) is 11.8 Å². The van der Waals surface area contributed by atoms with E-state index in [0.29, 0.717) is 82.7 Å². The molecule has 2 aliphatic rings. The lowest BCUT2D eigenvalue weighted by molar-refractivity contribution is -0.129. The third-order valence-corrected chi connectivity index (χ3v) is 12.9. The first-order chi connectivity index (χ1) is 33.7. The van der Waals surface area contributed by atoms with Gasteiger partial charge in [-0.25, -0.2) is 4.79 Å². The standard InChI is InChI=1S/C46H82N10O13S/c1-33(44(48)63)12-6-9-21-53-45(64)34(54-40(60)16-5-4-14-36-43-35(32-70-36)55-46(65)56-43)13-7-10-20-49-38(58)17-11-18-39(59)51-22-24-66-26-29-69-31-42(62)52-23-25-67-27-28-68-30-41(61)50-19-8-2-3-15-37(47)57/h33-36,43H,2-32H2,1H3,(H2,47,57)(H2,48,63)(H,49,58)(H,50,61)(H,51,59)(H,52,62)(H,53,64)(H,54,60)(H2,55,56,65)/t33-,34+,35+,36+,43+/m1/s1. The SMILES string of the molecule is C[C@H](CCCCNC(=O)[C@H](CCCCNC(=O)CCCC(=O)NCCOCCOCC(=O)NCCOCCOCC(=O)NCCCCCC(N)=O)NC(=O)CCCC[C@@H]1SC[C@@H]2NC(=O)N[C@@H]21)C(N)=O. The highest BCUT2D eigenvalue weighted by Crippen LogP contribution is 2.33. The summed E-state index contributed by atoms with van der Waals surface area (Å²) in [6.45, 7) is 4.81. The molecule has 2 saturated heterocycles. The fraction of sp³-hybridized carbons (Fsp3) is 0.804. The Morgan fingerprint density at radius 3 is 1.73 bits per heavy atom. The Morgan fingerprint density at radius 2 is 1.10 bits per heavy atom. The summed E-state index contributed by atoms with van der Waals surface area (Å²) in [6.07, 6.45) is 9.54. The zero-order valence-corrected chi connectivity index (χ0v) is 42.0. The highest BCUT2D eigenvalue weighted by atomic mass is 32.2. The molecule has 0 saturated carbocycles. The van der Waals surface area contributed by atoms with Crippen molar-refractivity contribution in [2.24, 2.45) is 17.4 Å². The first kappa shape index (κ1) is 61.3. The average Bonchev–Trinajstić information content (AvgIpc) is 3.88. The predicted octanol–water partition coefficient (Wildman–Crippen LogP) is -0.478. The number of fused-ring (bicyclic) bond motifs is 1. The van der Waals surface area contributed by atoms with E-state index in [1.54, 1.807) is 6.92 Å². The number of rotatable bonds is 44. The van der Waals surface area contributed by atoms with Gasteiger partial charge >= 0.3 is 6.03 Å². The summed E-state index contributed by atoms with van der Waals surface area (Å²) in [4.78, 5) is 108. The van der Waals surface area contributed by atoms with Gasteiger partial charge < -0.3 is 72.9 Å². The number of primary amides is 2. The number of thioether (sulfide) groups is 1. The van der Waals surface area contributed by atoms with Crippen molar-refractivity contribution in [2.45, 2.75) is 139 Å². The molecule has 24 heteroatoms. The number of hydrogen-bond acceptors (Lipinski definition) is 14. The lowest BCUT2D eigenvalue weighted by Gasteiger charge is -2.19. The zero-order valence-electron chi connectivity index (χ0n) is 41.2. The molecule has 10 amide bonds. The van der Waals surface area contributed by atoms with Crippen molar-refractivity contribution in [1.82, 2.24) is 42.5 Å². The molecule has 0 aromatic rings. The van der Waals surface area contributed by atoms with Crippen LogP contribution in [-0.4, -0.2) is 168 Å². The summed E-state index contributed by atoms with van der Waals surface area (Å²) in [7, 11) is 0. The van der Waals surface area contributed by atoms with Crippen molar-refractivity contribution in [3.8, 4) is 0 Å². The third-order valence-electron chi connectivity index (χ3n) is 11.4. The second-order valence-corrected chi connectivity index (χ2v) is 18.7. The van der Waals surface area contributed by atoms with Crippen LogP contribution >= 0.6 is 11.8 Å². The Balaban J connectivity index is 1.46. The van der Waals surface area contributed by atoms with Gasteiger partial charge in [-0.2, -0.15) is 11.8 Å². The van der Waals surface area contributed by atoms with Crippen molar-refractivity contribution in [3.63, 3.8) is 0 Å². The maximum absolute atomic E-state index is 13.1. The molecule has 2 heterocycles. The number of carbonyl (C=O) groups excluding carboxylic acids is 9.